The molecular formula is C20H27NO3. The zero-order chi connectivity index (χ0) is 17.6. The van der Waals surface area contributed by atoms with Gasteiger partial charge in [0.1, 0.15) is 12.4 Å². The lowest BCUT2D eigenvalue weighted by Crippen LogP contribution is -2.38. The molecule has 0 aliphatic rings. The highest BCUT2D eigenvalue weighted by atomic mass is 16.5. The molecule has 0 radical (unpaired) electrons. The lowest BCUT2D eigenvalue weighted by molar-refractivity contribution is 0.162. The third-order valence-corrected chi connectivity index (χ3v) is 3.70. The smallest absolute Gasteiger partial charge is 0.125 e. The van der Waals surface area contributed by atoms with E-state index in [9.17, 15) is 10.2 Å². The highest BCUT2D eigenvalue weighted by Gasteiger charge is 2.15. The van der Waals surface area contributed by atoms with Gasteiger partial charge < -0.3 is 20.3 Å². The van der Waals surface area contributed by atoms with E-state index in [2.05, 4.69) is 26.1 Å². The third kappa shape index (κ3) is 5.64. The predicted octanol–water partition coefficient (Wildman–Crippen LogP) is 3.18. The van der Waals surface area contributed by atoms with Crippen LogP contribution in [0.4, 0.5) is 0 Å². The minimum atomic E-state index is -0.627. The van der Waals surface area contributed by atoms with Gasteiger partial charge in [0.05, 0.1) is 12.7 Å². The van der Waals surface area contributed by atoms with Crippen LogP contribution in [0.2, 0.25) is 0 Å². The number of aliphatic hydroxyl groups excluding tert-OH is 2. The van der Waals surface area contributed by atoms with Crippen LogP contribution in [0.25, 0.3) is 0 Å². The fourth-order valence-corrected chi connectivity index (χ4v) is 2.33. The molecule has 0 fully saturated rings. The molecule has 0 heterocycles. The van der Waals surface area contributed by atoms with E-state index in [1.165, 1.54) is 0 Å². The average molecular weight is 329 g/mol. The van der Waals surface area contributed by atoms with Crippen molar-refractivity contribution >= 4 is 0 Å². The molecule has 4 nitrogen and oxygen atoms in total. The molecule has 2 aromatic rings. The Morgan fingerprint density at radius 2 is 1.79 bits per heavy atom. The average Bonchev–Trinajstić information content (AvgIpc) is 2.58. The molecule has 3 N–H and O–H groups in total. The molecule has 0 aliphatic carbocycles. The lowest BCUT2D eigenvalue weighted by Gasteiger charge is -2.23. The maximum Gasteiger partial charge on any atom is 0.125 e. The highest BCUT2D eigenvalue weighted by Crippen LogP contribution is 2.25. The summed E-state index contributed by atoms with van der Waals surface area (Å²) in [6, 6.07) is 15.3. The maximum atomic E-state index is 10.3. The molecule has 2 rings (SSSR count). The number of ether oxygens (including phenoxy) is 1. The Morgan fingerprint density at radius 3 is 2.42 bits per heavy atom. The second-order valence-corrected chi connectivity index (χ2v) is 6.95. The first-order valence-electron chi connectivity index (χ1n) is 8.22. The predicted molar refractivity (Wildman–Crippen MR) is 95.9 cm³/mol. The van der Waals surface area contributed by atoms with Crippen LogP contribution in [0.15, 0.2) is 48.5 Å². The molecule has 0 aromatic heterocycles. The van der Waals surface area contributed by atoms with Crippen LogP contribution in [0.5, 0.6) is 5.75 Å². The molecule has 1 atom stereocenters. The second-order valence-electron chi connectivity index (χ2n) is 6.95. The zero-order valence-corrected chi connectivity index (χ0v) is 14.6. The van der Waals surface area contributed by atoms with Gasteiger partial charge >= 0.3 is 0 Å². The quantitative estimate of drug-likeness (QED) is 0.730. The molecule has 0 spiro atoms. The summed E-state index contributed by atoms with van der Waals surface area (Å²) < 4.78 is 5.81. The monoisotopic (exact) mass is 329 g/mol. The molecule has 0 amide bonds. The van der Waals surface area contributed by atoms with Gasteiger partial charge in [0.15, 0.2) is 0 Å². The molecule has 0 unspecified atom stereocenters. The SMILES string of the molecule is CC(C)(C)NC[C@H](O)c1ccc(OCc2ccccc2)c(CO)c1. The summed E-state index contributed by atoms with van der Waals surface area (Å²) in [5.41, 5.74) is 2.46. The minimum Gasteiger partial charge on any atom is -0.489 e. The van der Waals surface area contributed by atoms with Gasteiger partial charge in [-0.25, -0.2) is 0 Å². The number of benzene rings is 2. The van der Waals surface area contributed by atoms with Crippen molar-refractivity contribution < 1.29 is 14.9 Å². The Hall–Kier alpha value is -1.88. The van der Waals surface area contributed by atoms with Gasteiger partial charge in [0.25, 0.3) is 0 Å². The Balaban J connectivity index is 2.04. The van der Waals surface area contributed by atoms with Crippen molar-refractivity contribution in [1.82, 2.24) is 5.32 Å². The zero-order valence-electron chi connectivity index (χ0n) is 14.6. The first-order chi connectivity index (χ1) is 11.4. The number of hydrogen-bond donors (Lipinski definition) is 3. The van der Waals surface area contributed by atoms with Crippen LogP contribution in [-0.4, -0.2) is 22.3 Å². The number of nitrogens with one attached hydrogen (secondary N) is 1. The largest absolute Gasteiger partial charge is 0.489 e. The van der Waals surface area contributed by atoms with Crippen LogP contribution in [0, 0.1) is 0 Å². The van der Waals surface area contributed by atoms with E-state index in [0.717, 1.165) is 11.1 Å². The molecule has 24 heavy (non-hydrogen) atoms. The van der Waals surface area contributed by atoms with Crippen molar-refractivity contribution in [2.75, 3.05) is 6.54 Å². The molecule has 0 aliphatic heterocycles. The summed E-state index contributed by atoms with van der Waals surface area (Å²) in [6.45, 7) is 6.94. The Kier molecular flexibility index (Phi) is 6.37. The molecule has 2 aromatic carbocycles. The van der Waals surface area contributed by atoms with Crippen LogP contribution in [-0.2, 0) is 13.2 Å². The first kappa shape index (κ1) is 18.5. The van der Waals surface area contributed by atoms with E-state index in [1.807, 2.05) is 42.5 Å². The van der Waals surface area contributed by atoms with Gasteiger partial charge in [-0.2, -0.15) is 0 Å². The Morgan fingerprint density at radius 1 is 1.08 bits per heavy atom. The summed E-state index contributed by atoms with van der Waals surface area (Å²) in [6.07, 6.45) is -0.627. The van der Waals surface area contributed by atoms with Crippen LogP contribution >= 0.6 is 0 Å². The van der Waals surface area contributed by atoms with Gasteiger partial charge in [-0.3, -0.25) is 0 Å². The van der Waals surface area contributed by atoms with Crippen molar-refractivity contribution in [1.29, 1.82) is 0 Å². The third-order valence-electron chi connectivity index (χ3n) is 3.70. The molecule has 0 saturated carbocycles. The Bertz CT molecular complexity index is 635. The second kappa shape index (κ2) is 8.29. The number of rotatable bonds is 7. The van der Waals surface area contributed by atoms with Crippen molar-refractivity contribution in [3.05, 3.63) is 65.2 Å². The van der Waals surface area contributed by atoms with Crippen molar-refractivity contribution in [2.24, 2.45) is 0 Å². The van der Waals surface area contributed by atoms with E-state index in [4.69, 9.17) is 4.74 Å². The summed E-state index contributed by atoms with van der Waals surface area (Å²) in [5.74, 6) is 0.640. The summed E-state index contributed by atoms with van der Waals surface area (Å²) >= 11 is 0. The molecule has 4 heteroatoms. The van der Waals surface area contributed by atoms with Crippen molar-refractivity contribution in [2.45, 2.75) is 45.6 Å². The fraction of sp³-hybridized carbons (Fsp3) is 0.400. The fourth-order valence-electron chi connectivity index (χ4n) is 2.33. The van der Waals surface area contributed by atoms with Gasteiger partial charge in [0.2, 0.25) is 0 Å². The molecule has 0 bridgehead atoms. The minimum absolute atomic E-state index is 0.0560. The lowest BCUT2D eigenvalue weighted by atomic mass is 10.0. The van der Waals surface area contributed by atoms with Crippen molar-refractivity contribution in [3.63, 3.8) is 0 Å². The standard InChI is InChI=1S/C20H27NO3/c1-20(2,3)21-12-18(23)16-9-10-19(17(11-16)13-22)24-14-15-7-5-4-6-8-15/h4-11,18,21-23H,12-14H2,1-3H3/t18-/m0/s1. The summed E-state index contributed by atoms with van der Waals surface area (Å²) in [7, 11) is 0. The Labute approximate surface area is 144 Å². The van der Waals surface area contributed by atoms with Gasteiger partial charge in [-0.1, -0.05) is 36.4 Å². The number of aliphatic hydroxyl groups is 2. The van der Waals surface area contributed by atoms with E-state index in [-0.39, 0.29) is 12.1 Å². The topological polar surface area (TPSA) is 61.7 Å². The summed E-state index contributed by atoms with van der Waals surface area (Å²) in [4.78, 5) is 0. The van der Waals surface area contributed by atoms with Crippen LogP contribution in [0.3, 0.4) is 0 Å². The van der Waals surface area contributed by atoms with Gasteiger partial charge in [0, 0.05) is 17.6 Å². The van der Waals surface area contributed by atoms with E-state index in [1.54, 1.807) is 6.07 Å². The van der Waals surface area contributed by atoms with E-state index >= 15 is 0 Å². The van der Waals surface area contributed by atoms with Crippen LogP contribution < -0.4 is 10.1 Å². The van der Waals surface area contributed by atoms with E-state index < -0.39 is 6.10 Å². The van der Waals surface area contributed by atoms with Gasteiger partial charge in [-0.15, -0.1) is 0 Å². The maximum absolute atomic E-state index is 10.3. The number of β-amino-alcohol motifs (C(OH)–C–C–N with tert-alkyl or cyclic N) is 1. The normalized spacial score (nSPS) is 12.9. The van der Waals surface area contributed by atoms with Crippen LogP contribution in [0.1, 0.15) is 43.6 Å². The highest BCUT2D eigenvalue weighted by molar-refractivity contribution is 5.38. The van der Waals surface area contributed by atoms with E-state index in [0.29, 0.717) is 24.5 Å². The number of hydrogen-bond acceptors (Lipinski definition) is 4. The first-order valence-corrected chi connectivity index (χ1v) is 8.22. The molecule has 130 valence electrons. The van der Waals surface area contributed by atoms with Gasteiger partial charge in [-0.05, 0) is 44.0 Å². The van der Waals surface area contributed by atoms with Crippen molar-refractivity contribution in [3.8, 4) is 5.75 Å². The molecule has 0 saturated heterocycles. The summed E-state index contributed by atoms with van der Waals surface area (Å²) in [5, 5.41) is 23.2. The molecular weight excluding hydrogens is 302 g/mol.